The summed E-state index contributed by atoms with van der Waals surface area (Å²) in [6, 6.07) is 25.2. The average molecular weight is 403 g/mol. The predicted molar refractivity (Wildman–Crippen MR) is 123 cm³/mol. The van der Waals surface area contributed by atoms with Gasteiger partial charge in [-0.05, 0) is 67.1 Å². The number of nitrogens with two attached hydrogens (primary N) is 2. The number of hydrogen-bond donors (Lipinski definition) is 2. The standard InChI is InChI=1S/C24H22N2S2/c1-15-3-8-19(9-4-15)27-22-14-17-13-18(25)7-12-21(17)24(23(22)26)28-20-10-5-16(2)6-11-20/h3-14H,25-26H2,1-2H3. The molecule has 0 saturated carbocycles. The van der Waals surface area contributed by atoms with E-state index < -0.39 is 0 Å². The highest BCUT2D eigenvalue weighted by molar-refractivity contribution is 8.00. The van der Waals surface area contributed by atoms with Crippen LogP contribution in [0.3, 0.4) is 0 Å². The number of nitrogen functional groups attached to an aromatic ring is 2. The van der Waals surface area contributed by atoms with Crippen molar-refractivity contribution in [2.75, 3.05) is 11.5 Å². The summed E-state index contributed by atoms with van der Waals surface area (Å²) in [5, 5.41) is 2.24. The summed E-state index contributed by atoms with van der Waals surface area (Å²) in [6.45, 7) is 4.19. The average Bonchev–Trinajstić information content (AvgIpc) is 2.68. The molecule has 4 N–H and O–H groups in total. The molecule has 140 valence electrons. The molecular weight excluding hydrogens is 380 g/mol. The van der Waals surface area contributed by atoms with Crippen LogP contribution in [0.4, 0.5) is 11.4 Å². The van der Waals surface area contributed by atoms with Crippen molar-refractivity contribution in [1.82, 2.24) is 0 Å². The first kappa shape index (κ1) is 18.8. The van der Waals surface area contributed by atoms with Crippen LogP contribution in [0.25, 0.3) is 10.8 Å². The van der Waals surface area contributed by atoms with Crippen LogP contribution in [0.1, 0.15) is 11.1 Å². The number of aryl methyl sites for hydroxylation is 2. The van der Waals surface area contributed by atoms with Gasteiger partial charge in [-0.1, -0.05) is 65.0 Å². The van der Waals surface area contributed by atoms with E-state index in [1.807, 2.05) is 12.1 Å². The van der Waals surface area contributed by atoms with Crippen molar-refractivity contribution in [3.63, 3.8) is 0 Å². The van der Waals surface area contributed by atoms with Crippen molar-refractivity contribution in [1.29, 1.82) is 0 Å². The lowest BCUT2D eigenvalue weighted by Crippen LogP contribution is -1.95. The van der Waals surface area contributed by atoms with Crippen molar-refractivity contribution < 1.29 is 0 Å². The molecule has 4 aromatic carbocycles. The minimum Gasteiger partial charge on any atom is -0.399 e. The Bertz CT molecular complexity index is 1130. The lowest BCUT2D eigenvalue weighted by atomic mass is 10.1. The Labute approximate surface area is 174 Å². The zero-order valence-corrected chi connectivity index (χ0v) is 17.5. The van der Waals surface area contributed by atoms with Crippen LogP contribution in [-0.4, -0.2) is 0 Å². The zero-order valence-electron chi connectivity index (χ0n) is 15.9. The molecule has 0 aliphatic rings. The van der Waals surface area contributed by atoms with Crippen LogP contribution >= 0.6 is 23.5 Å². The summed E-state index contributed by atoms with van der Waals surface area (Å²) in [5.41, 5.74) is 16.8. The van der Waals surface area contributed by atoms with Crippen LogP contribution in [0, 0.1) is 13.8 Å². The van der Waals surface area contributed by atoms with Crippen LogP contribution in [-0.2, 0) is 0 Å². The van der Waals surface area contributed by atoms with Gasteiger partial charge in [0.05, 0.1) is 5.69 Å². The molecule has 0 atom stereocenters. The van der Waals surface area contributed by atoms with Gasteiger partial charge in [0.1, 0.15) is 0 Å². The van der Waals surface area contributed by atoms with E-state index in [9.17, 15) is 0 Å². The monoisotopic (exact) mass is 402 g/mol. The fourth-order valence-corrected chi connectivity index (χ4v) is 5.05. The number of rotatable bonds is 4. The summed E-state index contributed by atoms with van der Waals surface area (Å²) >= 11 is 3.40. The lowest BCUT2D eigenvalue weighted by Gasteiger charge is -2.15. The van der Waals surface area contributed by atoms with Gasteiger partial charge in [0, 0.05) is 25.3 Å². The normalized spacial score (nSPS) is 11.1. The third-order valence-corrected chi connectivity index (χ3v) is 6.82. The molecule has 0 radical (unpaired) electrons. The lowest BCUT2D eigenvalue weighted by molar-refractivity contribution is 1.34. The fourth-order valence-electron chi connectivity index (χ4n) is 3.04. The molecule has 0 aromatic heterocycles. The molecule has 0 aliphatic carbocycles. The molecule has 2 nitrogen and oxygen atoms in total. The first-order chi connectivity index (χ1) is 13.5. The molecule has 0 spiro atoms. The molecule has 28 heavy (non-hydrogen) atoms. The van der Waals surface area contributed by atoms with E-state index in [0.717, 1.165) is 31.9 Å². The maximum Gasteiger partial charge on any atom is 0.0604 e. The Morgan fingerprint density at radius 3 is 1.82 bits per heavy atom. The highest BCUT2D eigenvalue weighted by Gasteiger charge is 2.14. The van der Waals surface area contributed by atoms with Gasteiger partial charge in [-0.15, -0.1) is 0 Å². The SMILES string of the molecule is Cc1ccc(Sc2cc3cc(N)ccc3c(Sc3ccc(C)cc3)c2N)cc1. The van der Waals surface area contributed by atoms with E-state index in [4.69, 9.17) is 11.5 Å². The van der Waals surface area contributed by atoms with Crippen LogP contribution in [0.15, 0.2) is 92.4 Å². The van der Waals surface area contributed by atoms with Crippen LogP contribution < -0.4 is 11.5 Å². The molecule has 4 aromatic rings. The maximum atomic E-state index is 6.67. The van der Waals surface area contributed by atoms with E-state index >= 15 is 0 Å². The maximum absolute atomic E-state index is 6.67. The molecule has 4 heteroatoms. The summed E-state index contributed by atoms with van der Waals surface area (Å²) in [6.07, 6.45) is 0. The van der Waals surface area contributed by atoms with E-state index in [2.05, 4.69) is 74.5 Å². The summed E-state index contributed by atoms with van der Waals surface area (Å²) in [5.74, 6) is 0. The van der Waals surface area contributed by atoms with Crippen molar-refractivity contribution in [2.24, 2.45) is 0 Å². The molecular formula is C24H22N2S2. The van der Waals surface area contributed by atoms with Gasteiger partial charge < -0.3 is 11.5 Å². The number of hydrogen-bond acceptors (Lipinski definition) is 4. The van der Waals surface area contributed by atoms with Crippen molar-refractivity contribution in [2.45, 2.75) is 33.4 Å². The Kier molecular flexibility index (Phi) is 5.25. The van der Waals surface area contributed by atoms with Gasteiger partial charge in [0.15, 0.2) is 0 Å². The third kappa shape index (κ3) is 3.98. The van der Waals surface area contributed by atoms with Gasteiger partial charge in [0.2, 0.25) is 0 Å². The molecule has 0 saturated heterocycles. The minimum absolute atomic E-state index is 0.759. The molecule has 0 fully saturated rings. The van der Waals surface area contributed by atoms with Crippen molar-refractivity contribution >= 4 is 45.7 Å². The Morgan fingerprint density at radius 1 is 0.643 bits per heavy atom. The molecule has 0 heterocycles. The molecule has 0 unspecified atom stereocenters. The second kappa shape index (κ2) is 7.82. The largest absolute Gasteiger partial charge is 0.399 e. The number of anilines is 2. The van der Waals surface area contributed by atoms with Gasteiger partial charge in [-0.3, -0.25) is 0 Å². The third-order valence-electron chi connectivity index (χ3n) is 4.61. The highest BCUT2D eigenvalue weighted by atomic mass is 32.2. The summed E-state index contributed by atoms with van der Waals surface area (Å²) in [4.78, 5) is 4.48. The first-order valence-corrected chi connectivity index (χ1v) is 10.7. The molecule has 0 bridgehead atoms. The van der Waals surface area contributed by atoms with Crippen molar-refractivity contribution in [3.8, 4) is 0 Å². The highest BCUT2D eigenvalue weighted by Crippen LogP contribution is 2.45. The fraction of sp³-hybridized carbons (Fsp3) is 0.0833. The quantitative estimate of drug-likeness (QED) is 0.364. The second-order valence-corrected chi connectivity index (χ2v) is 9.13. The van der Waals surface area contributed by atoms with Gasteiger partial charge in [-0.25, -0.2) is 0 Å². The Balaban J connectivity index is 1.82. The smallest absolute Gasteiger partial charge is 0.0604 e. The van der Waals surface area contributed by atoms with Gasteiger partial charge >= 0.3 is 0 Å². The van der Waals surface area contributed by atoms with E-state index in [1.165, 1.54) is 20.9 Å². The number of benzene rings is 4. The van der Waals surface area contributed by atoms with Crippen molar-refractivity contribution in [3.05, 3.63) is 83.9 Å². The minimum atomic E-state index is 0.759. The van der Waals surface area contributed by atoms with Crippen LogP contribution in [0.2, 0.25) is 0 Å². The Morgan fingerprint density at radius 2 is 1.21 bits per heavy atom. The van der Waals surface area contributed by atoms with Gasteiger partial charge in [-0.2, -0.15) is 0 Å². The second-order valence-electron chi connectivity index (χ2n) is 6.93. The summed E-state index contributed by atoms with van der Waals surface area (Å²) in [7, 11) is 0. The molecule has 4 rings (SSSR count). The van der Waals surface area contributed by atoms with Gasteiger partial charge in [0.25, 0.3) is 0 Å². The topological polar surface area (TPSA) is 52.0 Å². The number of fused-ring (bicyclic) bond motifs is 1. The van der Waals surface area contributed by atoms with E-state index in [1.54, 1.807) is 23.5 Å². The predicted octanol–water partition coefficient (Wildman–Crippen LogP) is 6.92. The zero-order chi connectivity index (χ0) is 19.7. The summed E-state index contributed by atoms with van der Waals surface area (Å²) < 4.78 is 0. The van der Waals surface area contributed by atoms with E-state index in [0.29, 0.717) is 0 Å². The Hall–Kier alpha value is -2.56. The van der Waals surface area contributed by atoms with E-state index in [-0.39, 0.29) is 0 Å². The van der Waals surface area contributed by atoms with Crippen LogP contribution in [0.5, 0.6) is 0 Å². The first-order valence-electron chi connectivity index (χ1n) is 9.10. The molecule has 0 amide bonds. The molecule has 0 aliphatic heterocycles.